The Hall–Kier alpha value is -1.15. The lowest BCUT2D eigenvalue weighted by Crippen LogP contribution is -2.06. The number of nitrogens with zero attached hydrogens (tertiary/aromatic N) is 2. The Kier molecular flexibility index (Phi) is 3.58. The summed E-state index contributed by atoms with van der Waals surface area (Å²) < 4.78 is 46.1. The molecule has 0 amide bonds. The first-order valence-electron chi connectivity index (χ1n) is 4.71. The number of aromatic nitrogens is 2. The molecule has 0 spiro atoms. The second kappa shape index (κ2) is 4.85. The Morgan fingerprint density at radius 2 is 2.06 bits per heavy atom. The standard InChI is InChI=1S/C10H6BrF3N2OS/c1-5-4-6(2-3-7(5)11)17-9-15-8(16-18-9)10(12,13)14/h2-4H,1H3. The Morgan fingerprint density at radius 1 is 1.33 bits per heavy atom. The van der Waals surface area contributed by atoms with Crippen molar-refractivity contribution in [1.29, 1.82) is 0 Å². The summed E-state index contributed by atoms with van der Waals surface area (Å²) in [6, 6.07) is 5.07. The second-order valence-electron chi connectivity index (χ2n) is 3.39. The number of aryl methyl sites for hydroxylation is 1. The number of ether oxygens (including phenoxy) is 1. The molecule has 0 aliphatic carbocycles. The molecule has 1 heterocycles. The third-order valence-electron chi connectivity index (χ3n) is 2.00. The molecular formula is C10H6BrF3N2OS. The summed E-state index contributed by atoms with van der Waals surface area (Å²) in [5.74, 6) is -0.767. The number of rotatable bonds is 2. The maximum Gasteiger partial charge on any atom is 0.452 e. The lowest BCUT2D eigenvalue weighted by molar-refractivity contribution is -0.144. The third kappa shape index (κ3) is 2.99. The number of benzene rings is 1. The molecule has 0 bridgehead atoms. The molecule has 2 aromatic rings. The number of hydrogen-bond donors (Lipinski definition) is 0. The van der Waals surface area contributed by atoms with Crippen LogP contribution in [0.2, 0.25) is 0 Å². The molecule has 0 saturated carbocycles. The molecule has 8 heteroatoms. The Labute approximate surface area is 113 Å². The predicted octanol–water partition coefficient (Wildman–Crippen LogP) is 4.42. The molecule has 0 saturated heterocycles. The highest BCUT2D eigenvalue weighted by Crippen LogP contribution is 2.32. The van der Waals surface area contributed by atoms with Crippen LogP contribution >= 0.6 is 27.5 Å². The molecule has 0 N–H and O–H groups in total. The van der Waals surface area contributed by atoms with E-state index in [1.165, 1.54) is 0 Å². The zero-order chi connectivity index (χ0) is 13.3. The molecule has 0 atom stereocenters. The van der Waals surface area contributed by atoms with E-state index in [0.717, 1.165) is 10.0 Å². The van der Waals surface area contributed by atoms with Crippen molar-refractivity contribution in [3.8, 4) is 10.9 Å². The van der Waals surface area contributed by atoms with Crippen LogP contribution in [-0.2, 0) is 6.18 Å². The fourth-order valence-electron chi connectivity index (χ4n) is 1.15. The molecule has 2 rings (SSSR count). The van der Waals surface area contributed by atoms with Gasteiger partial charge in [0, 0.05) is 16.0 Å². The van der Waals surface area contributed by atoms with Gasteiger partial charge in [-0.25, -0.2) is 0 Å². The van der Waals surface area contributed by atoms with E-state index in [1.54, 1.807) is 18.2 Å². The molecule has 96 valence electrons. The Morgan fingerprint density at radius 3 is 2.61 bits per heavy atom. The monoisotopic (exact) mass is 338 g/mol. The van der Waals surface area contributed by atoms with Gasteiger partial charge in [-0.1, -0.05) is 15.9 Å². The number of halogens is 4. The van der Waals surface area contributed by atoms with Gasteiger partial charge in [-0.3, -0.25) is 0 Å². The normalized spacial score (nSPS) is 11.6. The molecule has 0 aliphatic rings. The van der Waals surface area contributed by atoms with Crippen molar-refractivity contribution in [2.24, 2.45) is 0 Å². The van der Waals surface area contributed by atoms with Crippen LogP contribution in [0.1, 0.15) is 11.4 Å². The topological polar surface area (TPSA) is 35.0 Å². The van der Waals surface area contributed by atoms with Crippen LogP contribution in [0.4, 0.5) is 13.2 Å². The zero-order valence-corrected chi connectivity index (χ0v) is 11.4. The minimum absolute atomic E-state index is 0.135. The van der Waals surface area contributed by atoms with Gasteiger partial charge in [0.15, 0.2) is 0 Å². The molecule has 0 aliphatic heterocycles. The van der Waals surface area contributed by atoms with E-state index >= 15 is 0 Å². The van der Waals surface area contributed by atoms with Gasteiger partial charge in [0.2, 0.25) is 0 Å². The maximum absolute atomic E-state index is 12.3. The van der Waals surface area contributed by atoms with Crippen molar-refractivity contribution >= 4 is 27.5 Å². The van der Waals surface area contributed by atoms with E-state index in [0.29, 0.717) is 17.3 Å². The van der Waals surface area contributed by atoms with E-state index < -0.39 is 12.0 Å². The average molecular weight is 339 g/mol. The first kappa shape index (κ1) is 13.3. The van der Waals surface area contributed by atoms with E-state index in [4.69, 9.17) is 4.74 Å². The van der Waals surface area contributed by atoms with Crippen molar-refractivity contribution in [2.75, 3.05) is 0 Å². The van der Waals surface area contributed by atoms with Crippen LogP contribution in [0.3, 0.4) is 0 Å². The quantitative estimate of drug-likeness (QED) is 0.812. The highest BCUT2D eigenvalue weighted by molar-refractivity contribution is 9.10. The summed E-state index contributed by atoms with van der Waals surface area (Å²) in [6.07, 6.45) is -4.55. The van der Waals surface area contributed by atoms with Gasteiger partial charge < -0.3 is 4.74 Å². The predicted molar refractivity (Wildman–Crippen MR) is 63.9 cm³/mol. The summed E-state index contributed by atoms with van der Waals surface area (Å²) in [6.45, 7) is 1.85. The van der Waals surface area contributed by atoms with Gasteiger partial charge in [0.1, 0.15) is 5.75 Å². The van der Waals surface area contributed by atoms with Gasteiger partial charge in [0.05, 0.1) is 0 Å². The average Bonchev–Trinajstić information content (AvgIpc) is 2.72. The number of hydrogen-bond acceptors (Lipinski definition) is 4. The van der Waals surface area contributed by atoms with Gasteiger partial charge in [-0.2, -0.15) is 22.5 Å². The van der Waals surface area contributed by atoms with E-state index in [1.807, 2.05) is 6.92 Å². The summed E-state index contributed by atoms with van der Waals surface area (Å²) in [5, 5.41) is -0.135. The third-order valence-corrected chi connectivity index (χ3v) is 3.48. The van der Waals surface area contributed by atoms with E-state index in [2.05, 4.69) is 25.3 Å². The molecule has 1 aromatic heterocycles. The van der Waals surface area contributed by atoms with Crippen LogP contribution in [0.15, 0.2) is 22.7 Å². The van der Waals surface area contributed by atoms with Gasteiger partial charge in [-0.15, -0.1) is 0 Å². The van der Waals surface area contributed by atoms with Crippen LogP contribution < -0.4 is 4.74 Å². The lowest BCUT2D eigenvalue weighted by Gasteiger charge is -2.03. The highest BCUT2D eigenvalue weighted by Gasteiger charge is 2.36. The first-order chi connectivity index (χ1) is 8.36. The van der Waals surface area contributed by atoms with Crippen molar-refractivity contribution in [1.82, 2.24) is 9.36 Å². The minimum atomic E-state index is -4.55. The summed E-state index contributed by atoms with van der Waals surface area (Å²) in [5.41, 5.74) is 0.910. The second-order valence-corrected chi connectivity index (χ2v) is 4.96. The minimum Gasteiger partial charge on any atom is -0.430 e. The summed E-state index contributed by atoms with van der Waals surface area (Å²) >= 11 is 3.88. The Bertz CT molecular complexity index is 570. The molecule has 0 fully saturated rings. The van der Waals surface area contributed by atoms with Crippen LogP contribution in [0.5, 0.6) is 10.9 Å². The van der Waals surface area contributed by atoms with Crippen LogP contribution in [0.25, 0.3) is 0 Å². The van der Waals surface area contributed by atoms with Gasteiger partial charge in [0.25, 0.3) is 11.0 Å². The van der Waals surface area contributed by atoms with Crippen molar-refractivity contribution in [3.05, 3.63) is 34.1 Å². The van der Waals surface area contributed by atoms with Crippen molar-refractivity contribution in [3.63, 3.8) is 0 Å². The zero-order valence-electron chi connectivity index (χ0n) is 8.95. The smallest absolute Gasteiger partial charge is 0.430 e. The van der Waals surface area contributed by atoms with Gasteiger partial charge >= 0.3 is 6.18 Å². The SMILES string of the molecule is Cc1cc(Oc2nc(C(F)(F)F)ns2)ccc1Br. The fourth-order valence-corrected chi connectivity index (χ4v) is 1.96. The molecule has 0 unspecified atom stereocenters. The highest BCUT2D eigenvalue weighted by atomic mass is 79.9. The number of alkyl halides is 3. The van der Waals surface area contributed by atoms with Crippen molar-refractivity contribution < 1.29 is 17.9 Å². The van der Waals surface area contributed by atoms with Crippen LogP contribution in [0, 0.1) is 6.92 Å². The van der Waals surface area contributed by atoms with Crippen molar-refractivity contribution in [2.45, 2.75) is 13.1 Å². The molecule has 3 nitrogen and oxygen atoms in total. The van der Waals surface area contributed by atoms with Crippen LogP contribution in [-0.4, -0.2) is 9.36 Å². The largest absolute Gasteiger partial charge is 0.452 e. The first-order valence-corrected chi connectivity index (χ1v) is 6.28. The van der Waals surface area contributed by atoms with E-state index in [-0.39, 0.29) is 5.19 Å². The maximum atomic E-state index is 12.3. The molecular weight excluding hydrogens is 333 g/mol. The fraction of sp³-hybridized carbons (Fsp3) is 0.200. The summed E-state index contributed by atoms with van der Waals surface area (Å²) in [4.78, 5) is 3.28. The molecule has 0 radical (unpaired) electrons. The lowest BCUT2D eigenvalue weighted by atomic mass is 10.2. The van der Waals surface area contributed by atoms with Gasteiger partial charge in [-0.05, 0) is 30.7 Å². The Balaban J connectivity index is 2.19. The molecule has 1 aromatic carbocycles. The van der Waals surface area contributed by atoms with E-state index in [9.17, 15) is 13.2 Å². The molecule has 18 heavy (non-hydrogen) atoms. The summed E-state index contributed by atoms with van der Waals surface area (Å²) in [7, 11) is 0.